The molecule has 0 aromatic heterocycles. The molecule has 6 nitrogen and oxygen atoms in total. The summed E-state index contributed by atoms with van der Waals surface area (Å²) in [7, 11) is -3.43. The quantitative estimate of drug-likeness (QED) is 0.827. The average molecular weight is 361 g/mol. The zero-order valence-electron chi connectivity index (χ0n) is 14.2. The molecule has 0 saturated carbocycles. The fraction of sp³-hybridized carbons (Fsp3) is 0.222. The Bertz CT molecular complexity index is 899. The lowest BCUT2D eigenvalue weighted by Crippen LogP contribution is -2.22. The number of rotatable bonds is 5. The van der Waals surface area contributed by atoms with E-state index in [1.807, 2.05) is 32.0 Å². The molecule has 0 spiro atoms. The van der Waals surface area contributed by atoms with Crippen LogP contribution >= 0.6 is 0 Å². The number of ether oxygens (including phenoxy) is 1. The number of hydrogen-bond donors (Lipinski definition) is 1. The van der Waals surface area contributed by atoms with E-state index in [0.29, 0.717) is 5.69 Å². The smallest absolute Gasteiger partial charge is 0.338 e. The average Bonchev–Trinajstić information content (AvgIpc) is 2.55. The van der Waals surface area contributed by atoms with E-state index in [0.717, 1.165) is 17.4 Å². The summed E-state index contributed by atoms with van der Waals surface area (Å²) < 4.78 is 28.0. The number of anilines is 1. The molecule has 0 unspecified atom stereocenters. The number of hydrogen-bond acceptors (Lipinski definition) is 5. The van der Waals surface area contributed by atoms with Crippen LogP contribution in [0.25, 0.3) is 0 Å². The van der Waals surface area contributed by atoms with Crippen molar-refractivity contribution >= 4 is 27.4 Å². The van der Waals surface area contributed by atoms with Crippen molar-refractivity contribution in [3.05, 3.63) is 59.2 Å². The van der Waals surface area contributed by atoms with Crippen LogP contribution in [0.2, 0.25) is 0 Å². The minimum Gasteiger partial charge on any atom is -0.452 e. The fourth-order valence-electron chi connectivity index (χ4n) is 2.26. The van der Waals surface area contributed by atoms with E-state index in [2.05, 4.69) is 5.32 Å². The van der Waals surface area contributed by atoms with Crippen LogP contribution in [0.5, 0.6) is 0 Å². The second-order valence-electron chi connectivity index (χ2n) is 5.69. The molecule has 0 heterocycles. The molecule has 0 aliphatic carbocycles. The molecule has 2 aromatic rings. The molecular formula is C18H19NO5S. The molecule has 1 N–H and O–H groups in total. The summed E-state index contributed by atoms with van der Waals surface area (Å²) in [4.78, 5) is 24.0. The molecule has 0 saturated heterocycles. The van der Waals surface area contributed by atoms with E-state index in [1.54, 1.807) is 0 Å². The molecule has 1 amide bonds. The van der Waals surface area contributed by atoms with Crippen LogP contribution in [0.4, 0.5) is 5.69 Å². The van der Waals surface area contributed by atoms with Gasteiger partial charge in [-0.1, -0.05) is 24.3 Å². The van der Waals surface area contributed by atoms with Crippen LogP contribution in [0, 0.1) is 13.8 Å². The molecule has 25 heavy (non-hydrogen) atoms. The highest BCUT2D eigenvalue weighted by Gasteiger charge is 2.14. The van der Waals surface area contributed by atoms with Gasteiger partial charge < -0.3 is 10.1 Å². The SMILES string of the molecule is Cc1cccc(C)c1NC(=O)COC(=O)c1cccc(S(C)(=O)=O)c1. The van der Waals surface area contributed by atoms with Gasteiger partial charge in [0.2, 0.25) is 0 Å². The standard InChI is InChI=1S/C18H19NO5S/c1-12-6-4-7-13(2)17(12)19-16(20)11-24-18(21)14-8-5-9-15(10-14)25(3,22)23/h4-10H,11H2,1-3H3,(H,19,20). The van der Waals surface area contributed by atoms with E-state index >= 15 is 0 Å². The predicted octanol–water partition coefficient (Wildman–Crippen LogP) is 2.50. The molecule has 0 aliphatic heterocycles. The number of carbonyl (C=O) groups is 2. The van der Waals surface area contributed by atoms with Crippen molar-refractivity contribution in [2.45, 2.75) is 18.7 Å². The van der Waals surface area contributed by atoms with Crippen LogP contribution in [-0.2, 0) is 19.4 Å². The van der Waals surface area contributed by atoms with E-state index in [-0.39, 0.29) is 10.5 Å². The highest BCUT2D eigenvalue weighted by Crippen LogP contribution is 2.19. The molecule has 132 valence electrons. The minimum absolute atomic E-state index is 0.0157. The number of aryl methyl sites for hydroxylation is 2. The van der Waals surface area contributed by atoms with Crippen molar-refractivity contribution in [3.63, 3.8) is 0 Å². The summed E-state index contributed by atoms with van der Waals surface area (Å²) >= 11 is 0. The maximum absolute atomic E-state index is 12.0. The molecular weight excluding hydrogens is 342 g/mol. The first kappa shape index (κ1) is 18.7. The Hall–Kier alpha value is -2.67. The van der Waals surface area contributed by atoms with Gasteiger partial charge in [-0.05, 0) is 43.2 Å². The van der Waals surface area contributed by atoms with Crippen molar-refractivity contribution in [2.75, 3.05) is 18.2 Å². The lowest BCUT2D eigenvalue weighted by molar-refractivity contribution is -0.119. The molecule has 2 rings (SSSR count). The molecule has 0 radical (unpaired) electrons. The summed E-state index contributed by atoms with van der Waals surface area (Å²) in [6.07, 6.45) is 1.05. The zero-order valence-corrected chi connectivity index (χ0v) is 15.0. The van der Waals surface area contributed by atoms with Crippen molar-refractivity contribution in [1.82, 2.24) is 0 Å². The normalized spacial score (nSPS) is 11.0. The monoisotopic (exact) mass is 361 g/mol. The minimum atomic E-state index is -3.43. The van der Waals surface area contributed by atoms with E-state index in [9.17, 15) is 18.0 Å². The lowest BCUT2D eigenvalue weighted by atomic mass is 10.1. The van der Waals surface area contributed by atoms with Crippen molar-refractivity contribution in [3.8, 4) is 0 Å². The summed E-state index contributed by atoms with van der Waals surface area (Å²) in [5, 5.41) is 2.71. The number of benzene rings is 2. The van der Waals surface area contributed by atoms with Gasteiger partial charge in [-0.2, -0.15) is 0 Å². The molecule has 0 aliphatic rings. The first-order valence-corrected chi connectivity index (χ1v) is 9.41. The van der Waals surface area contributed by atoms with Crippen molar-refractivity contribution < 1.29 is 22.7 Å². The van der Waals surface area contributed by atoms with E-state index in [4.69, 9.17) is 4.74 Å². The van der Waals surface area contributed by atoms with Gasteiger partial charge in [-0.15, -0.1) is 0 Å². The van der Waals surface area contributed by atoms with Gasteiger partial charge in [0.1, 0.15) is 0 Å². The summed E-state index contributed by atoms with van der Waals surface area (Å²) in [5.41, 5.74) is 2.56. The first-order chi connectivity index (χ1) is 11.7. The first-order valence-electron chi connectivity index (χ1n) is 7.52. The Morgan fingerprint density at radius 2 is 1.64 bits per heavy atom. The summed E-state index contributed by atoms with van der Waals surface area (Å²) in [5.74, 6) is -1.23. The third kappa shape index (κ3) is 4.90. The number of nitrogens with one attached hydrogen (secondary N) is 1. The number of carbonyl (C=O) groups excluding carboxylic acids is 2. The number of esters is 1. The zero-order chi connectivity index (χ0) is 18.6. The van der Waals surface area contributed by atoms with Crippen LogP contribution in [-0.4, -0.2) is 33.2 Å². The summed E-state index contributed by atoms with van der Waals surface area (Å²) in [6, 6.07) is 11.1. The third-order valence-corrected chi connectivity index (χ3v) is 4.69. The number of amides is 1. The predicted molar refractivity (Wildman–Crippen MR) is 94.4 cm³/mol. The topological polar surface area (TPSA) is 89.5 Å². The van der Waals surface area contributed by atoms with Gasteiger partial charge >= 0.3 is 5.97 Å². The summed E-state index contributed by atoms with van der Waals surface area (Å²) in [6.45, 7) is 3.27. The highest BCUT2D eigenvalue weighted by atomic mass is 32.2. The van der Waals surface area contributed by atoms with Crippen molar-refractivity contribution in [1.29, 1.82) is 0 Å². The van der Waals surface area contributed by atoms with Gasteiger partial charge in [0.25, 0.3) is 5.91 Å². The van der Waals surface area contributed by atoms with Crippen LogP contribution in [0.3, 0.4) is 0 Å². The third-order valence-electron chi connectivity index (χ3n) is 3.58. The second kappa shape index (κ2) is 7.48. The fourth-order valence-corrected chi connectivity index (χ4v) is 2.92. The number of para-hydroxylation sites is 1. The Balaban J connectivity index is 2.02. The Kier molecular flexibility index (Phi) is 5.58. The number of sulfone groups is 1. The highest BCUT2D eigenvalue weighted by molar-refractivity contribution is 7.90. The van der Waals surface area contributed by atoms with Gasteiger partial charge in [-0.3, -0.25) is 4.79 Å². The Labute approximate surface area is 146 Å². The van der Waals surface area contributed by atoms with Gasteiger partial charge in [-0.25, -0.2) is 13.2 Å². The Morgan fingerprint density at radius 3 is 2.24 bits per heavy atom. The maximum Gasteiger partial charge on any atom is 0.338 e. The lowest BCUT2D eigenvalue weighted by Gasteiger charge is -2.11. The van der Waals surface area contributed by atoms with Gasteiger partial charge in [0.05, 0.1) is 10.5 Å². The van der Waals surface area contributed by atoms with E-state index in [1.165, 1.54) is 24.3 Å². The largest absolute Gasteiger partial charge is 0.452 e. The maximum atomic E-state index is 12.0. The Morgan fingerprint density at radius 1 is 1.04 bits per heavy atom. The molecule has 2 aromatic carbocycles. The molecule has 0 fully saturated rings. The molecule has 7 heteroatoms. The van der Waals surface area contributed by atoms with Crippen LogP contribution in [0.1, 0.15) is 21.5 Å². The van der Waals surface area contributed by atoms with Gasteiger partial charge in [0.15, 0.2) is 16.4 Å². The van der Waals surface area contributed by atoms with Crippen LogP contribution in [0.15, 0.2) is 47.4 Å². The second-order valence-corrected chi connectivity index (χ2v) is 7.71. The van der Waals surface area contributed by atoms with Gasteiger partial charge in [0, 0.05) is 11.9 Å². The molecule has 0 atom stereocenters. The van der Waals surface area contributed by atoms with E-state index < -0.39 is 28.3 Å². The molecule has 0 bridgehead atoms. The van der Waals surface area contributed by atoms with Crippen LogP contribution < -0.4 is 5.32 Å². The van der Waals surface area contributed by atoms with Crippen molar-refractivity contribution in [2.24, 2.45) is 0 Å².